The highest BCUT2D eigenvalue weighted by Crippen LogP contribution is 2.30. The molecule has 0 spiro atoms. The Morgan fingerprint density at radius 1 is 0.933 bits per heavy atom. The molecule has 0 radical (unpaired) electrons. The molecule has 0 N–H and O–H groups in total. The number of amides is 1. The van der Waals surface area contributed by atoms with Gasteiger partial charge in [0.2, 0.25) is 0 Å². The normalized spacial score (nSPS) is 19.2. The summed E-state index contributed by atoms with van der Waals surface area (Å²) in [6.45, 7) is 5.26. The van der Waals surface area contributed by atoms with Crippen LogP contribution in [0.3, 0.4) is 0 Å². The van der Waals surface area contributed by atoms with Crippen LogP contribution in [0.15, 0.2) is 52.6 Å². The maximum Gasteiger partial charge on any atom is 0.410 e. The SMILES string of the molecule is CC1=C(C)C(=O)C2=C(CCCCOCCN(C(=O)OCc3ccccc3)CC2)C1=O. The summed E-state index contributed by atoms with van der Waals surface area (Å²) < 4.78 is 11.1. The Kier molecular flexibility index (Phi) is 7.57. The lowest BCUT2D eigenvalue weighted by Crippen LogP contribution is -2.36. The van der Waals surface area contributed by atoms with E-state index in [-0.39, 0.29) is 18.2 Å². The quantitative estimate of drug-likeness (QED) is 0.688. The van der Waals surface area contributed by atoms with Crippen LogP contribution >= 0.6 is 0 Å². The third kappa shape index (κ3) is 5.25. The Labute approximate surface area is 177 Å². The summed E-state index contributed by atoms with van der Waals surface area (Å²) in [7, 11) is 0. The van der Waals surface area contributed by atoms with E-state index in [4.69, 9.17) is 9.47 Å². The van der Waals surface area contributed by atoms with Gasteiger partial charge in [-0.25, -0.2) is 4.79 Å². The third-order valence-electron chi connectivity index (χ3n) is 5.72. The zero-order valence-corrected chi connectivity index (χ0v) is 17.7. The van der Waals surface area contributed by atoms with E-state index in [1.807, 2.05) is 30.3 Å². The number of benzene rings is 1. The Hall–Kier alpha value is -2.73. The molecule has 0 unspecified atom stereocenters. The molecule has 1 amide bonds. The molecule has 0 atom stereocenters. The van der Waals surface area contributed by atoms with E-state index in [2.05, 4.69) is 0 Å². The van der Waals surface area contributed by atoms with E-state index in [1.165, 1.54) is 0 Å². The van der Waals surface area contributed by atoms with E-state index in [9.17, 15) is 14.4 Å². The van der Waals surface area contributed by atoms with Crippen molar-refractivity contribution in [1.82, 2.24) is 4.90 Å². The highest BCUT2D eigenvalue weighted by Gasteiger charge is 2.30. The highest BCUT2D eigenvalue weighted by molar-refractivity contribution is 6.24. The Morgan fingerprint density at radius 3 is 2.30 bits per heavy atom. The average molecular weight is 411 g/mol. The molecule has 3 rings (SSSR count). The van der Waals surface area contributed by atoms with Gasteiger partial charge in [-0.15, -0.1) is 0 Å². The molecule has 2 aliphatic rings. The number of Topliss-reactive ketones (excluding diaryl/α,β-unsaturated/α-hetero) is 2. The lowest BCUT2D eigenvalue weighted by Gasteiger charge is -2.26. The molecule has 160 valence electrons. The van der Waals surface area contributed by atoms with Crippen LogP contribution in [-0.4, -0.2) is 48.9 Å². The van der Waals surface area contributed by atoms with Crippen LogP contribution in [0.5, 0.6) is 0 Å². The van der Waals surface area contributed by atoms with Gasteiger partial charge in [0, 0.05) is 42.0 Å². The van der Waals surface area contributed by atoms with E-state index < -0.39 is 6.09 Å². The second kappa shape index (κ2) is 10.3. The second-order valence-electron chi connectivity index (χ2n) is 7.71. The molecule has 1 heterocycles. The number of carbonyl (C=O) groups is 3. The standard InChI is InChI=1S/C24H29NO5/c1-17-18(2)23(27)21-11-12-25(24(28)30-16-19-8-4-3-5-9-19)13-15-29-14-7-6-10-20(21)22(17)26/h3-5,8-9H,6-7,10-16H2,1-2H3. The van der Waals surface area contributed by atoms with Crippen LogP contribution in [-0.2, 0) is 25.7 Å². The van der Waals surface area contributed by atoms with Gasteiger partial charge in [-0.05, 0) is 45.1 Å². The van der Waals surface area contributed by atoms with Gasteiger partial charge in [0.05, 0.1) is 6.61 Å². The van der Waals surface area contributed by atoms with Crippen LogP contribution < -0.4 is 0 Å². The number of carbonyl (C=O) groups excluding carboxylic acids is 3. The summed E-state index contributed by atoms with van der Waals surface area (Å²) in [5.74, 6) is -0.119. The van der Waals surface area contributed by atoms with Crippen molar-refractivity contribution in [3.63, 3.8) is 0 Å². The first kappa shape index (κ1) is 22.0. The topological polar surface area (TPSA) is 72.9 Å². The molecule has 1 aromatic rings. The zero-order valence-electron chi connectivity index (χ0n) is 17.7. The number of hydrogen-bond donors (Lipinski definition) is 0. The summed E-state index contributed by atoms with van der Waals surface area (Å²) in [4.78, 5) is 39.9. The Bertz CT molecular complexity index is 869. The summed E-state index contributed by atoms with van der Waals surface area (Å²) in [6.07, 6.45) is 2.06. The number of allylic oxidation sites excluding steroid dienone is 3. The van der Waals surface area contributed by atoms with Gasteiger partial charge in [0.1, 0.15) is 6.61 Å². The fraction of sp³-hybridized carbons (Fsp3) is 0.458. The summed E-state index contributed by atoms with van der Waals surface area (Å²) >= 11 is 0. The third-order valence-corrected chi connectivity index (χ3v) is 5.72. The van der Waals surface area contributed by atoms with E-state index >= 15 is 0 Å². The molecular formula is C24H29NO5. The first-order valence-electron chi connectivity index (χ1n) is 10.5. The molecule has 6 nitrogen and oxygen atoms in total. The molecule has 0 saturated carbocycles. The average Bonchev–Trinajstić information content (AvgIpc) is 2.75. The highest BCUT2D eigenvalue weighted by atomic mass is 16.6. The number of hydrogen-bond acceptors (Lipinski definition) is 5. The van der Waals surface area contributed by atoms with Crippen molar-refractivity contribution < 1.29 is 23.9 Å². The molecule has 0 fully saturated rings. The van der Waals surface area contributed by atoms with Crippen molar-refractivity contribution in [3.05, 3.63) is 58.2 Å². The number of ether oxygens (including phenoxy) is 2. The summed E-state index contributed by atoms with van der Waals surface area (Å²) in [5.41, 5.74) is 3.09. The molecule has 1 aromatic carbocycles. The minimum absolute atomic E-state index is 0.0433. The van der Waals surface area contributed by atoms with Gasteiger partial charge < -0.3 is 14.4 Å². The Balaban J connectivity index is 1.75. The molecule has 1 aliphatic carbocycles. The van der Waals surface area contributed by atoms with E-state index in [1.54, 1.807) is 18.7 Å². The lowest BCUT2D eigenvalue weighted by molar-refractivity contribution is -0.116. The monoisotopic (exact) mass is 411 g/mol. The van der Waals surface area contributed by atoms with E-state index in [0.29, 0.717) is 61.4 Å². The van der Waals surface area contributed by atoms with Gasteiger partial charge in [-0.1, -0.05) is 30.3 Å². The minimum atomic E-state index is -0.445. The van der Waals surface area contributed by atoms with Gasteiger partial charge >= 0.3 is 6.09 Å². The molecule has 30 heavy (non-hydrogen) atoms. The summed E-state index contributed by atoms with van der Waals surface area (Å²) in [5, 5.41) is 0. The van der Waals surface area contributed by atoms with Gasteiger partial charge in [0.25, 0.3) is 0 Å². The van der Waals surface area contributed by atoms with Crippen LogP contribution in [0.1, 0.15) is 45.1 Å². The largest absolute Gasteiger partial charge is 0.445 e. The van der Waals surface area contributed by atoms with Crippen molar-refractivity contribution in [3.8, 4) is 0 Å². The van der Waals surface area contributed by atoms with Gasteiger partial charge in [-0.3, -0.25) is 9.59 Å². The van der Waals surface area contributed by atoms with Crippen LogP contribution in [0.4, 0.5) is 4.79 Å². The van der Waals surface area contributed by atoms with Crippen molar-refractivity contribution >= 4 is 17.7 Å². The predicted octanol–water partition coefficient (Wildman–Crippen LogP) is 4.00. The lowest BCUT2D eigenvalue weighted by atomic mass is 9.82. The van der Waals surface area contributed by atoms with Crippen molar-refractivity contribution in [1.29, 1.82) is 0 Å². The molecule has 0 saturated heterocycles. The zero-order chi connectivity index (χ0) is 21.5. The first-order chi connectivity index (χ1) is 14.5. The smallest absolute Gasteiger partial charge is 0.410 e. The number of rotatable bonds is 2. The maximum absolute atomic E-state index is 12.9. The van der Waals surface area contributed by atoms with Crippen LogP contribution in [0.25, 0.3) is 0 Å². The molecular weight excluding hydrogens is 382 g/mol. The fourth-order valence-corrected chi connectivity index (χ4v) is 3.73. The first-order valence-corrected chi connectivity index (χ1v) is 10.5. The second-order valence-corrected chi connectivity index (χ2v) is 7.71. The molecule has 1 aliphatic heterocycles. The number of ketones is 2. The fourth-order valence-electron chi connectivity index (χ4n) is 3.73. The van der Waals surface area contributed by atoms with Gasteiger partial charge in [0.15, 0.2) is 11.6 Å². The number of nitrogens with zero attached hydrogens (tertiary/aromatic N) is 1. The van der Waals surface area contributed by atoms with Crippen molar-refractivity contribution in [2.75, 3.05) is 26.3 Å². The minimum Gasteiger partial charge on any atom is -0.445 e. The predicted molar refractivity (Wildman–Crippen MR) is 113 cm³/mol. The van der Waals surface area contributed by atoms with Gasteiger partial charge in [-0.2, -0.15) is 0 Å². The molecule has 6 heteroatoms. The van der Waals surface area contributed by atoms with Crippen LogP contribution in [0, 0.1) is 0 Å². The van der Waals surface area contributed by atoms with E-state index in [0.717, 1.165) is 18.4 Å². The molecule has 0 bridgehead atoms. The molecule has 0 aromatic heterocycles. The maximum atomic E-state index is 12.9. The van der Waals surface area contributed by atoms with Crippen LogP contribution in [0.2, 0.25) is 0 Å². The van der Waals surface area contributed by atoms with Crippen molar-refractivity contribution in [2.24, 2.45) is 0 Å². The Morgan fingerprint density at radius 2 is 1.60 bits per heavy atom. The summed E-state index contributed by atoms with van der Waals surface area (Å²) in [6, 6.07) is 9.49. The van der Waals surface area contributed by atoms with Crippen molar-refractivity contribution in [2.45, 2.75) is 46.1 Å².